The van der Waals surface area contributed by atoms with Crippen molar-refractivity contribution in [1.82, 2.24) is 10.3 Å². The third-order valence-electron chi connectivity index (χ3n) is 4.43. The van der Waals surface area contributed by atoms with Gasteiger partial charge >= 0.3 is 0 Å². The van der Waals surface area contributed by atoms with Crippen LogP contribution in [0.3, 0.4) is 0 Å². The highest BCUT2D eigenvalue weighted by molar-refractivity contribution is 5.78. The minimum Gasteiger partial charge on any atom is -0.378 e. The Morgan fingerprint density at radius 3 is 2.96 bits per heavy atom. The van der Waals surface area contributed by atoms with Crippen molar-refractivity contribution in [2.75, 3.05) is 31.2 Å². The molecule has 1 aliphatic heterocycles. The van der Waals surface area contributed by atoms with Crippen LogP contribution in [-0.2, 0) is 16.1 Å². The van der Waals surface area contributed by atoms with Crippen LogP contribution in [-0.4, -0.2) is 37.2 Å². The number of aromatic nitrogens is 1. The maximum absolute atomic E-state index is 12.2. The summed E-state index contributed by atoms with van der Waals surface area (Å²) in [6, 6.07) is 3.97. The van der Waals surface area contributed by atoms with Crippen LogP contribution in [0.4, 0.5) is 5.82 Å². The molecule has 1 saturated heterocycles. The van der Waals surface area contributed by atoms with Crippen molar-refractivity contribution in [3.63, 3.8) is 0 Å². The van der Waals surface area contributed by atoms with Gasteiger partial charge in [0.15, 0.2) is 0 Å². The Hall–Kier alpha value is -1.88. The number of hydrogen-bond acceptors (Lipinski definition) is 4. The van der Waals surface area contributed by atoms with Gasteiger partial charge in [-0.15, -0.1) is 0 Å². The van der Waals surface area contributed by atoms with Crippen molar-refractivity contribution in [3.05, 3.63) is 35.5 Å². The van der Waals surface area contributed by atoms with E-state index in [1.54, 1.807) is 0 Å². The first-order valence-corrected chi connectivity index (χ1v) is 8.54. The second-order valence-electron chi connectivity index (χ2n) is 6.15. The topological polar surface area (TPSA) is 54.5 Å². The maximum atomic E-state index is 12.2. The average molecular weight is 315 g/mol. The summed E-state index contributed by atoms with van der Waals surface area (Å²) >= 11 is 0. The molecule has 0 aromatic carbocycles. The summed E-state index contributed by atoms with van der Waals surface area (Å²) in [6.45, 7) is 3.70. The van der Waals surface area contributed by atoms with E-state index in [0.717, 1.165) is 50.5 Å². The summed E-state index contributed by atoms with van der Waals surface area (Å²) in [7, 11) is 0. The zero-order valence-corrected chi connectivity index (χ0v) is 13.6. The molecule has 1 amide bonds. The summed E-state index contributed by atoms with van der Waals surface area (Å²) in [5, 5.41) is 3.05. The lowest BCUT2D eigenvalue weighted by atomic mass is 9.97. The highest BCUT2D eigenvalue weighted by Gasteiger charge is 2.16. The molecular weight excluding hydrogens is 290 g/mol. The third kappa shape index (κ3) is 4.55. The standard InChI is InChI=1S/C18H25N3O2/c22-17(13-15-5-2-1-3-6-15)20-14-16-7-4-8-19-18(16)21-9-11-23-12-10-21/h4-5,7-8H,1-3,6,9-14H2,(H,20,22). The molecule has 5 nitrogen and oxygen atoms in total. The second-order valence-corrected chi connectivity index (χ2v) is 6.15. The number of carbonyl (C=O) groups excluding carboxylic acids is 1. The van der Waals surface area contributed by atoms with Crippen molar-refractivity contribution in [2.24, 2.45) is 0 Å². The Morgan fingerprint density at radius 2 is 2.17 bits per heavy atom. The monoisotopic (exact) mass is 315 g/mol. The number of ether oxygens (including phenoxy) is 1. The van der Waals surface area contributed by atoms with Crippen molar-refractivity contribution in [1.29, 1.82) is 0 Å². The van der Waals surface area contributed by atoms with Crippen molar-refractivity contribution in [3.8, 4) is 0 Å². The first kappa shape index (κ1) is 16.0. The molecule has 0 saturated carbocycles. The normalized spacial score (nSPS) is 18.4. The molecule has 1 aliphatic carbocycles. The molecule has 1 aromatic rings. The molecule has 1 fully saturated rings. The minimum absolute atomic E-state index is 0.106. The van der Waals surface area contributed by atoms with Gasteiger partial charge in [0.2, 0.25) is 5.91 Å². The van der Waals surface area contributed by atoms with Crippen molar-refractivity contribution < 1.29 is 9.53 Å². The van der Waals surface area contributed by atoms with Gasteiger partial charge in [-0.1, -0.05) is 17.7 Å². The van der Waals surface area contributed by atoms with Crippen LogP contribution in [0.15, 0.2) is 30.0 Å². The second kappa shape index (κ2) is 8.11. The van der Waals surface area contributed by atoms with E-state index in [0.29, 0.717) is 13.0 Å². The van der Waals surface area contributed by atoms with E-state index in [-0.39, 0.29) is 5.91 Å². The zero-order chi connectivity index (χ0) is 15.9. The lowest BCUT2D eigenvalue weighted by Gasteiger charge is -2.29. The lowest BCUT2D eigenvalue weighted by molar-refractivity contribution is -0.120. The first-order valence-electron chi connectivity index (χ1n) is 8.54. The number of hydrogen-bond donors (Lipinski definition) is 1. The number of nitrogens with one attached hydrogen (secondary N) is 1. The van der Waals surface area contributed by atoms with Gasteiger partial charge in [-0.05, 0) is 31.7 Å². The van der Waals surface area contributed by atoms with Gasteiger partial charge in [0.1, 0.15) is 5.82 Å². The van der Waals surface area contributed by atoms with Gasteiger partial charge in [-0.3, -0.25) is 4.79 Å². The number of anilines is 1. The van der Waals surface area contributed by atoms with E-state index in [4.69, 9.17) is 4.74 Å². The van der Waals surface area contributed by atoms with Gasteiger partial charge in [-0.25, -0.2) is 4.98 Å². The molecule has 0 unspecified atom stereocenters. The minimum atomic E-state index is 0.106. The average Bonchev–Trinajstić information content (AvgIpc) is 2.62. The Morgan fingerprint density at radius 1 is 1.30 bits per heavy atom. The fourth-order valence-electron chi connectivity index (χ4n) is 3.16. The molecule has 2 heterocycles. The third-order valence-corrected chi connectivity index (χ3v) is 4.43. The fraction of sp³-hybridized carbons (Fsp3) is 0.556. The number of pyridine rings is 1. The number of amides is 1. The van der Waals surface area contributed by atoms with E-state index < -0.39 is 0 Å². The van der Waals surface area contributed by atoms with Crippen LogP contribution in [0.25, 0.3) is 0 Å². The summed E-state index contributed by atoms with van der Waals surface area (Å²) in [4.78, 5) is 18.9. The van der Waals surface area contributed by atoms with Crippen LogP contribution in [0.1, 0.15) is 37.7 Å². The summed E-state index contributed by atoms with van der Waals surface area (Å²) in [5.74, 6) is 1.07. The number of rotatable bonds is 5. The molecule has 1 N–H and O–H groups in total. The predicted molar refractivity (Wildman–Crippen MR) is 90.3 cm³/mol. The quantitative estimate of drug-likeness (QED) is 0.848. The molecule has 0 bridgehead atoms. The summed E-state index contributed by atoms with van der Waals surface area (Å²) < 4.78 is 5.40. The fourth-order valence-corrected chi connectivity index (χ4v) is 3.16. The summed E-state index contributed by atoms with van der Waals surface area (Å²) in [5.41, 5.74) is 2.36. The molecule has 0 atom stereocenters. The maximum Gasteiger partial charge on any atom is 0.224 e. The van der Waals surface area contributed by atoms with E-state index in [1.165, 1.54) is 18.4 Å². The number of nitrogens with zero attached hydrogens (tertiary/aromatic N) is 2. The van der Waals surface area contributed by atoms with Crippen LogP contribution in [0.2, 0.25) is 0 Å². The largest absolute Gasteiger partial charge is 0.378 e. The Bertz CT molecular complexity index is 565. The molecule has 2 aliphatic rings. The van der Waals surface area contributed by atoms with Crippen LogP contribution in [0.5, 0.6) is 0 Å². The number of allylic oxidation sites excluding steroid dienone is 1. The predicted octanol–water partition coefficient (Wildman–Crippen LogP) is 2.42. The van der Waals surface area contributed by atoms with Crippen LogP contribution >= 0.6 is 0 Å². The molecule has 3 rings (SSSR count). The van der Waals surface area contributed by atoms with Gasteiger partial charge in [0, 0.05) is 37.8 Å². The van der Waals surface area contributed by atoms with Crippen molar-refractivity contribution in [2.45, 2.75) is 38.6 Å². The smallest absolute Gasteiger partial charge is 0.224 e. The molecular formula is C18H25N3O2. The molecule has 5 heteroatoms. The van der Waals surface area contributed by atoms with Gasteiger partial charge in [0.25, 0.3) is 0 Å². The molecule has 0 radical (unpaired) electrons. The summed E-state index contributed by atoms with van der Waals surface area (Å²) in [6.07, 6.45) is 9.22. The first-order chi connectivity index (χ1) is 11.3. The zero-order valence-electron chi connectivity index (χ0n) is 13.6. The van der Waals surface area contributed by atoms with Gasteiger partial charge in [-0.2, -0.15) is 0 Å². The van der Waals surface area contributed by atoms with Gasteiger partial charge < -0.3 is 15.0 Å². The molecule has 1 aromatic heterocycles. The Kier molecular flexibility index (Phi) is 5.64. The highest BCUT2D eigenvalue weighted by atomic mass is 16.5. The van der Waals surface area contributed by atoms with Crippen LogP contribution in [0, 0.1) is 0 Å². The van der Waals surface area contributed by atoms with Crippen LogP contribution < -0.4 is 10.2 Å². The van der Waals surface area contributed by atoms with Crippen molar-refractivity contribution >= 4 is 11.7 Å². The van der Waals surface area contributed by atoms with E-state index in [2.05, 4.69) is 21.3 Å². The highest BCUT2D eigenvalue weighted by Crippen LogP contribution is 2.21. The Balaban J connectivity index is 1.57. The molecule has 23 heavy (non-hydrogen) atoms. The number of carbonyl (C=O) groups is 1. The van der Waals surface area contributed by atoms with Gasteiger partial charge in [0.05, 0.1) is 13.2 Å². The van der Waals surface area contributed by atoms with E-state index in [9.17, 15) is 4.79 Å². The lowest BCUT2D eigenvalue weighted by Crippen LogP contribution is -2.37. The Labute approximate surface area is 137 Å². The molecule has 0 spiro atoms. The van der Waals surface area contributed by atoms with E-state index >= 15 is 0 Å². The van der Waals surface area contributed by atoms with E-state index in [1.807, 2.05) is 18.3 Å². The molecule has 124 valence electrons. The SMILES string of the molecule is O=C(CC1=CCCCC1)NCc1cccnc1N1CCOCC1. The number of morpholine rings is 1.